The molecule has 0 spiro atoms. The van der Waals surface area contributed by atoms with Gasteiger partial charge in [0.2, 0.25) is 0 Å². The molecule has 0 radical (unpaired) electrons. The van der Waals surface area contributed by atoms with Crippen molar-refractivity contribution in [3.63, 3.8) is 0 Å². The van der Waals surface area contributed by atoms with Crippen LogP contribution in [-0.2, 0) is 9.84 Å². The van der Waals surface area contributed by atoms with Crippen molar-refractivity contribution >= 4 is 9.84 Å². The Morgan fingerprint density at radius 3 is 2.43 bits per heavy atom. The van der Waals surface area contributed by atoms with Crippen molar-refractivity contribution in [2.75, 3.05) is 18.1 Å². The Morgan fingerprint density at radius 1 is 1.43 bits per heavy atom. The summed E-state index contributed by atoms with van der Waals surface area (Å²) in [5, 5.41) is 12.3. The number of aliphatic hydroxyl groups is 1. The fourth-order valence-corrected chi connectivity index (χ4v) is 3.18. The number of sulfone groups is 1. The summed E-state index contributed by atoms with van der Waals surface area (Å²) in [6, 6.07) is 0.372. The van der Waals surface area contributed by atoms with Gasteiger partial charge < -0.3 is 10.4 Å². The van der Waals surface area contributed by atoms with E-state index in [0.717, 1.165) is 6.42 Å². The fraction of sp³-hybridized carbons (Fsp3) is 1.00. The van der Waals surface area contributed by atoms with E-state index in [1.54, 1.807) is 0 Å². The standard InChI is InChI=1S/C9H19NO3S/c1-2-8(7-11)10-9-3-5-14(12,13)6-4-9/h8-11H,2-7H2,1H3/t8-/m0/s1. The van der Waals surface area contributed by atoms with Gasteiger partial charge in [-0.05, 0) is 19.3 Å². The number of hydrogen-bond donors (Lipinski definition) is 2. The lowest BCUT2D eigenvalue weighted by molar-refractivity contribution is 0.224. The second-order valence-corrected chi connectivity index (χ2v) is 6.18. The first-order valence-electron chi connectivity index (χ1n) is 5.14. The van der Waals surface area contributed by atoms with Gasteiger partial charge in [-0.15, -0.1) is 0 Å². The molecule has 0 amide bonds. The molecule has 1 aliphatic rings. The molecule has 1 saturated heterocycles. The molecule has 0 aliphatic carbocycles. The lowest BCUT2D eigenvalue weighted by Gasteiger charge is -2.26. The van der Waals surface area contributed by atoms with E-state index in [0.29, 0.717) is 12.8 Å². The molecule has 0 unspecified atom stereocenters. The number of rotatable bonds is 4. The minimum absolute atomic E-state index is 0.112. The molecule has 0 aromatic rings. The second kappa shape index (κ2) is 5.09. The first-order valence-corrected chi connectivity index (χ1v) is 6.97. The molecule has 84 valence electrons. The molecule has 5 heteroatoms. The second-order valence-electron chi connectivity index (χ2n) is 3.88. The van der Waals surface area contributed by atoms with Crippen molar-refractivity contribution in [2.45, 2.75) is 38.3 Å². The molecule has 0 bridgehead atoms. The van der Waals surface area contributed by atoms with E-state index in [4.69, 9.17) is 5.11 Å². The summed E-state index contributed by atoms with van der Waals surface area (Å²) in [5.41, 5.74) is 0. The average molecular weight is 221 g/mol. The smallest absolute Gasteiger partial charge is 0.150 e. The molecule has 0 aromatic heterocycles. The zero-order valence-corrected chi connectivity index (χ0v) is 9.39. The largest absolute Gasteiger partial charge is 0.395 e. The highest BCUT2D eigenvalue weighted by atomic mass is 32.2. The quantitative estimate of drug-likeness (QED) is 0.697. The predicted octanol–water partition coefficient (Wildman–Crippen LogP) is -0.0759. The van der Waals surface area contributed by atoms with E-state index in [-0.39, 0.29) is 30.2 Å². The maximum atomic E-state index is 11.1. The lowest BCUT2D eigenvalue weighted by Crippen LogP contribution is -2.44. The highest BCUT2D eigenvalue weighted by Gasteiger charge is 2.24. The third-order valence-corrected chi connectivity index (χ3v) is 4.45. The molecule has 0 saturated carbocycles. The topological polar surface area (TPSA) is 66.4 Å². The van der Waals surface area contributed by atoms with Gasteiger partial charge >= 0.3 is 0 Å². The van der Waals surface area contributed by atoms with Crippen LogP contribution in [0.15, 0.2) is 0 Å². The first-order chi connectivity index (χ1) is 6.57. The highest BCUT2D eigenvalue weighted by Crippen LogP contribution is 2.13. The van der Waals surface area contributed by atoms with Gasteiger partial charge in [-0.25, -0.2) is 8.42 Å². The maximum absolute atomic E-state index is 11.1. The Hall–Kier alpha value is -0.130. The van der Waals surface area contributed by atoms with E-state index in [1.807, 2.05) is 6.92 Å². The van der Waals surface area contributed by atoms with E-state index in [9.17, 15) is 8.42 Å². The van der Waals surface area contributed by atoms with Crippen LogP contribution in [0.3, 0.4) is 0 Å². The van der Waals surface area contributed by atoms with Crippen LogP contribution in [0.4, 0.5) is 0 Å². The van der Waals surface area contributed by atoms with Gasteiger partial charge in [0.1, 0.15) is 9.84 Å². The van der Waals surface area contributed by atoms with Gasteiger partial charge in [0, 0.05) is 12.1 Å². The Bertz CT molecular complexity index is 245. The molecule has 4 nitrogen and oxygen atoms in total. The van der Waals surface area contributed by atoms with Gasteiger partial charge in [-0.3, -0.25) is 0 Å². The summed E-state index contributed by atoms with van der Waals surface area (Å²) in [6.07, 6.45) is 2.23. The van der Waals surface area contributed by atoms with Crippen LogP contribution in [0.1, 0.15) is 26.2 Å². The monoisotopic (exact) mass is 221 g/mol. The summed E-state index contributed by atoms with van der Waals surface area (Å²) >= 11 is 0. The van der Waals surface area contributed by atoms with Crippen molar-refractivity contribution < 1.29 is 13.5 Å². The van der Waals surface area contributed by atoms with Crippen LogP contribution in [-0.4, -0.2) is 43.7 Å². The van der Waals surface area contributed by atoms with E-state index < -0.39 is 9.84 Å². The summed E-state index contributed by atoms with van der Waals surface area (Å²) in [4.78, 5) is 0. The minimum atomic E-state index is -2.77. The van der Waals surface area contributed by atoms with Crippen molar-refractivity contribution in [2.24, 2.45) is 0 Å². The molecule has 1 heterocycles. The third-order valence-electron chi connectivity index (χ3n) is 2.74. The summed E-state index contributed by atoms with van der Waals surface area (Å²) in [7, 11) is -2.77. The molecule has 0 aromatic carbocycles. The van der Waals surface area contributed by atoms with Crippen molar-refractivity contribution in [3.05, 3.63) is 0 Å². The van der Waals surface area contributed by atoms with Gasteiger partial charge in [-0.1, -0.05) is 6.92 Å². The van der Waals surface area contributed by atoms with Gasteiger partial charge in [0.25, 0.3) is 0 Å². The Balaban J connectivity index is 2.35. The van der Waals surface area contributed by atoms with E-state index >= 15 is 0 Å². The van der Waals surface area contributed by atoms with Crippen LogP contribution >= 0.6 is 0 Å². The maximum Gasteiger partial charge on any atom is 0.150 e. The van der Waals surface area contributed by atoms with Crippen molar-refractivity contribution in [1.82, 2.24) is 5.32 Å². The molecule has 2 N–H and O–H groups in total. The summed E-state index contributed by atoms with van der Waals surface area (Å²) in [5.74, 6) is 0.569. The van der Waals surface area contributed by atoms with Crippen LogP contribution in [0.5, 0.6) is 0 Å². The van der Waals surface area contributed by atoms with Crippen molar-refractivity contribution in [1.29, 1.82) is 0 Å². The molecule has 1 rings (SSSR count). The van der Waals surface area contributed by atoms with E-state index in [2.05, 4.69) is 5.32 Å². The number of hydrogen-bond acceptors (Lipinski definition) is 4. The minimum Gasteiger partial charge on any atom is -0.395 e. The van der Waals surface area contributed by atoms with Gasteiger partial charge in [0.15, 0.2) is 0 Å². The van der Waals surface area contributed by atoms with Crippen LogP contribution < -0.4 is 5.32 Å². The average Bonchev–Trinajstić information content (AvgIpc) is 2.16. The Morgan fingerprint density at radius 2 is 2.00 bits per heavy atom. The normalized spacial score (nSPS) is 24.7. The molecule has 1 atom stereocenters. The molecule has 14 heavy (non-hydrogen) atoms. The highest BCUT2D eigenvalue weighted by molar-refractivity contribution is 7.91. The predicted molar refractivity (Wildman–Crippen MR) is 56.0 cm³/mol. The molecule has 1 fully saturated rings. The van der Waals surface area contributed by atoms with Crippen molar-refractivity contribution in [3.8, 4) is 0 Å². The molecular formula is C9H19NO3S. The van der Waals surface area contributed by atoms with Gasteiger partial charge in [-0.2, -0.15) is 0 Å². The summed E-state index contributed by atoms with van der Waals surface area (Å²) < 4.78 is 22.3. The zero-order chi connectivity index (χ0) is 10.6. The molecular weight excluding hydrogens is 202 g/mol. The number of nitrogens with one attached hydrogen (secondary N) is 1. The number of aliphatic hydroxyl groups excluding tert-OH is 1. The van der Waals surface area contributed by atoms with Crippen LogP contribution in [0.2, 0.25) is 0 Å². The Kier molecular flexibility index (Phi) is 4.34. The molecule has 1 aliphatic heterocycles. The summed E-state index contributed by atoms with van der Waals surface area (Å²) in [6.45, 7) is 2.13. The fourth-order valence-electron chi connectivity index (χ4n) is 1.69. The zero-order valence-electron chi connectivity index (χ0n) is 8.57. The van der Waals surface area contributed by atoms with Gasteiger partial charge in [0.05, 0.1) is 18.1 Å². The SMILES string of the molecule is CC[C@@H](CO)NC1CCS(=O)(=O)CC1. The lowest BCUT2D eigenvalue weighted by atomic mass is 10.1. The third kappa shape index (κ3) is 3.55. The van der Waals surface area contributed by atoms with Crippen LogP contribution in [0, 0.1) is 0 Å². The van der Waals surface area contributed by atoms with E-state index in [1.165, 1.54) is 0 Å². The Labute approximate surface area is 85.6 Å². The van der Waals surface area contributed by atoms with Crippen LogP contribution in [0.25, 0.3) is 0 Å². The first kappa shape index (κ1) is 11.9.